The molecule has 0 aliphatic rings. The lowest BCUT2D eigenvalue weighted by Gasteiger charge is -2.20. The zero-order chi connectivity index (χ0) is 15.8. The van der Waals surface area contributed by atoms with Crippen LogP contribution in [0.4, 0.5) is 19.0 Å². The first kappa shape index (κ1) is 15.6. The third-order valence-corrected chi connectivity index (χ3v) is 4.29. The van der Waals surface area contributed by atoms with Gasteiger partial charge < -0.3 is 4.90 Å². The predicted molar refractivity (Wildman–Crippen MR) is 80.5 cm³/mol. The molecule has 0 aliphatic heterocycles. The molecule has 0 atom stereocenters. The largest absolute Gasteiger partial charge is 0.425 e. The van der Waals surface area contributed by atoms with Gasteiger partial charge in [-0.2, -0.15) is 13.2 Å². The standard InChI is InChI=1S/C15H15F3N2S/c1-9(2)20(4)14-10(3)7-11(8-19-14)12-5-6-13(21-12)15(16,17)18/h5-8H,1H2,2-4H3. The third kappa shape index (κ3) is 3.26. The van der Waals surface area contributed by atoms with Gasteiger partial charge in [-0.1, -0.05) is 6.58 Å². The van der Waals surface area contributed by atoms with Crippen LogP contribution >= 0.6 is 11.3 Å². The minimum atomic E-state index is -4.30. The minimum absolute atomic E-state index is 0.558. The van der Waals surface area contributed by atoms with Gasteiger partial charge >= 0.3 is 6.18 Å². The van der Waals surface area contributed by atoms with Crippen molar-refractivity contribution in [3.8, 4) is 10.4 Å². The van der Waals surface area contributed by atoms with Gasteiger partial charge in [-0.25, -0.2) is 4.98 Å². The molecule has 2 aromatic heterocycles. The number of nitrogens with zero attached hydrogens (tertiary/aromatic N) is 2. The van der Waals surface area contributed by atoms with Crippen LogP contribution in [0.5, 0.6) is 0 Å². The molecule has 0 N–H and O–H groups in total. The molecule has 0 radical (unpaired) electrons. The summed E-state index contributed by atoms with van der Waals surface area (Å²) in [6.07, 6.45) is -2.71. The second-order valence-corrected chi connectivity index (χ2v) is 5.90. The van der Waals surface area contributed by atoms with Crippen LogP contribution in [0.25, 0.3) is 10.4 Å². The quantitative estimate of drug-likeness (QED) is 0.783. The van der Waals surface area contributed by atoms with Crippen LogP contribution in [0.2, 0.25) is 0 Å². The van der Waals surface area contributed by atoms with Gasteiger partial charge in [0.15, 0.2) is 0 Å². The summed E-state index contributed by atoms with van der Waals surface area (Å²) >= 11 is 0.726. The third-order valence-electron chi connectivity index (χ3n) is 3.11. The highest BCUT2D eigenvalue weighted by atomic mass is 32.1. The number of aromatic nitrogens is 1. The van der Waals surface area contributed by atoms with Crippen molar-refractivity contribution in [1.82, 2.24) is 4.98 Å². The Labute approximate surface area is 125 Å². The molecule has 21 heavy (non-hydrogen) atoms. The Morgan fingerprint density at radius 3 is 2.48 bits per heavy atom. The summed E-state index contributed by atoms with van der Waals surface area (Å²) in [5.74, 6) is 0.749. The van der Waals surface area contributed by atoms with E-state index in [-0.39, 0.29) is 0 Å². The lowest BCUT2D eigenvalue weighted by atomic mass is 10.1. The predicted octanol–water partition coefficient (Wildman–Crippen LogP) is 5.11. The van der Waals surface area contributed by atoms with Gasteiger partial charge in [0.25, 0.3) is 0 Å². The molecule has 0 saturated carbocycles. The van der Waals surface area contributed by atoms with Crippen molar-refractivity contribution in [2.24, 2.45) is 0 Å². The van der Waals surface area contributed by atoms with Gasteiger partial charge in [0.1, 0.15) is 10.7 Å². The van der Waals surface area contributed by atoms with Crippen LogP contribution in [-0.2, 0) is 6.18 Å². The zero-order valence-electron chi connectivity index (χ0n) is 12.0. The fraction of sp³-hybridized carbons (Fsp3) is 0.267. The molecule has 2 heterocycles. The van der Waals surface area contributed by atoms with Crippen LogP contribution < -0.4 is 4.90 Å². The van der Waals surface area contributed by atoms with E-state index >= 15 is 0 Å². The normalized spacial score (nSPS) is 11.5. The summed E-state index contributed by atoms with van der Waals surface area (Å²) in [6.45, 7) is 7.59. The maximum atomic E-state index is 12.6. The molecule has 2 aromatic rings. The van der Waals surface area contributed by atoms with Crippen LogP contribution in [-0.4, -0.2) is 12.0 Å². The van der Waals surface area contributed by atoms with Crippen molar-refractivity contribution < 1.29 is 13.2 Å². The smallest absolute Gasteiger partial charge is 0.334 e. The monoisotopic (exact) mass is 312 g/mol. The Hall–Kier alpha value is -1.82. The molecule has 0 unspecified atom stereocenters. The molecule has 2 nitrogen and oxygen atoms in total. The first-order valence-electron chi connectivity index (χ1n) is 6.23. The Morgan fingerprint density at radius 1 is 1.33 bits per heavy atom. The summed E-state index contributed by atoms with van der Waals surface area (Å²) in [6, 6.07) is 4.42. The summed E-state index contributed by atoms with van der Waals surface area (Å²) in [5, 5.41) is 0. The van der Waals surface area contributed by atoms with E-state index in [1.54, 1.807) is 6.20 Å². The number of allylic oxidation sites excluding steroid dienone is 1. The van der Waals surface area contributed by atoms with Gasteiger partial charge in [-0.15, -0.1) is 11.3 Å². The lowest BCUT2D eigenvalue weighted by Crippen LogP contribution is -2.15. The van der Waals surface area contributed by atoms with Gasteiger partial charge in [-0.05, 0) is 37.6 Å². The first-order chi connectivity index (χ1) is 9.70. The molecular formula is C15H15F3N2S. The average Bonchev–Trinajstić information content (AvgIpc) is 2.87. The Kier molecular flexibility index (Phi) is 4.09. The summed E-state index contributed by atoms with van der Waals surface area (Å²) < 4.78 is 37.9. The number of thiophene rings is 1. The summed E-state index contributed by atoms with van der Waals surface area (Å²) in [5.41, 5.74) is 2.42. The van der Waals surface area contributed by atoms with E-state index in [2.05, 4.69) is 11.6 Å². The molecule has 0 aromatic carbocycles. The van der Waals surface area contributed by atoms with Crippen molar-refractivity contribution in [3.63, 3.8) is 0 Å². The van der Waals surface area contributed by atoms with Gasteiger partial charge in [0.05, 0.1) is 0 Å². The zero-order valence-corrected chi connectivity index (χ0v) is 12.8. The van der Waals surface area contributed by atoms with Gasteiger partial charge in [0, 0.05) is 29.4 Å². The maximum absolute atomic E-state index is 12.6. The van der Waals surface area contributed by atoms with Crippen molar-refractivity contribution >= 4 is 17.2 Å². The second-order valence-electron chi connectivity index (χ2n) is 4.82. The average molecular weight is 312 g/mol. The fourth-order valence-corrected chi connectivity index (χ4v) is 2.73. The number of halogens is 3. The molecule has 0 amide bonds. The topological polar surface area (TPSA) is 16.1 Å². The van der Waals surface area contributed by atoms with E-state index in [1.165, 1.54) is 6.07 Å². The maximum Gasteiger partial charge on any atom is 0.425 e. The Bertz CT molecular complexity index is 674. The molecule has 0 aliphatic carbocycles. The summed E-state index contributed by atoms with van der Waals surface area (Å²) in [7, 11) is 1.85. The molecular weight excluding hydrogens is 297 g/mol. The van der Waals surface area contributed by atoms with Crippen LogP contribution in [0, 0.1) is 6.92 Å². The van der Waals surface area contributed by atoms with E-state index in [1.807, 2.05) is 31.9 Å². The molecule has 0 fully saturated rings. The molecule has 0 bridgehead atoms. The fourth-order valence-electron chi connectivity index (χ4n) is 1.88. The second kappa shape index (κ2) is 5.52. The number of hydrogen-bond donors (Lipinski definition) is 0. The first-order valence-corrected chi connectivity index (χ1v) is 7.05. The summed E-state index contributed by atoms with van der Waals surface area (Å²) in [4.78, 5) is 6.14. The van der Waals surface area contributed by atoms with Crippen molar-refractivity contribution in [2.75, 3.05) is 11.9 Å². The Morgan fingerprint density at radius 2 is 2.00 bits per heavy atom. The molecule has 112 valence electrons. The number of pyridine rings is 1. The molecule has 2 rings (SSSR count). The highest BCUT2D eigenvalue weighted by Gasteiger charge is 2.32. The van der Waals surface area contributed by atoms with Crippen molar-refractivity contribution in [2.45, 2.75) is 20.0 Å². The lowest BCUT2D eigenvalue weighted by molar-refractivity contribution is -0.134. The van der Waals surface area contributed by atoms with E-state index in [9.17, 15) is 13.2 Å². The van der Waals surface area contributed by atoms with Crippen molar-refractivity contribution in [3.05, 3.63) is 47.1 Å². The van der Waals surface area contributed by atoms with E-state index in [0.29, 0.717) is 10.4 Å². The van der Waals surface area contributed by atoms with Crippen LogP contribution in [0.3, 0.4) is 0 Å². The van der Waals surface area contributed by atoms with E-state index < -0.39 is 11.1 Å². The highest BCUT2D eigenvalue weighted by Crippen LogP contribution is 2.38. The number of aryl methyl sites for hydroxylation is 1. The van der Waals surface area contributed by atoms with E-state index in [4.69, 9.17) is 0 Å². The number of anilines is 1. The van der Waals surface area contributed by atoms with E-state index in [0.717, 1.165) is 34.5 Å². The minimum Gasteiger partial charge on any atom is -0.334 e. The Balaban J connectivity index is 2.36. The number of alkyl halides is 3. The SMILES string of the molecule is C=C(C)N(C)c1ncc(-c2ccc(C(F)(F)F)s2)cc1C. The van der Waals surface area contributed by atoms with Crippen LogP contribution in [0.1, 0.15) is 17.4 Å². The van der Waals surface area contributed by atoms with Gasteiger partial charge in [0.2, 0.25) is 0 Å². The number of rotatable bonds is 3. The number of hydrogen-bond acceptors (Lipinski definition) is 3. The highest BCUT2D eigenvalue weighted by molar-refractivity contribution is 7.15. The molecule has 0 saturated heterocycles. The molecule has 0 spiro atoms. The van der Waals surface area contributed by atoms with Crippen molar-refractivity contribution in [1.29, 1.82) is 0 Å². The van der Waals surface area contributed by atoms with Gasteiger partial charge in [-0.3, -0.25) is 0 Å². The van der Waals surface area contributed by atoms with Crippen LogP contribution in [0.15, 0.2) is 36.7 Å². The molecule has 6 heteroatoms.